The van der Waals surface area contributed by atoms with Crippen molar-refractivity contribution < 1.29 is 14.3 Å². The average Bonchev–Trinajstić information content (AvgIpc) is 2.68. The third kappa shape index (κ3) is 4.57. The number of anilines is 1. The number of halogens is 1. The SMILES string of the molecule is COc1ccc(NC(=O)c2ccnc(C(=O)N3CCC(C)CC3)c2)cc1Cl. The number of benzene rings is 1. The number of likely N-dealkylation sites (tertiary alicyclic amines) is 1. The lowest BCUT2D eigenvalue weighted by atomic mass is 9.99. The molecular formula is C20H22ClN3O3. The Labute approximate surface area is 163 Å². The van der Waals surface area contributed by atoms with E-state index in [0.29, 0.717) is 27.9 Å². The van der Waals surface area contributed by atoms with Crippen molar-refractivity contribution in [2.75, 3.05) is 25.5 Å². The fourth-order valence-corrected chi connectivity index (χ4v) is 3.27. The second-order valence-electron chi connectivity index (χ2n) is 6.71. The van der Waals surface area contributed by atoms with Crippen LogP contribution in [0.4, 0.5) is 5.69 Å². The smallest absolute Gasteiger partial charge is 0.272 e. The molecule has 1 N–H and O–H groups in total. The van der Waals surface area contributed by atoms with Gasteiger partial charge in [-0.15, -0.1) is 0 Å². The monoisotopic (exact) mass is 387 g/mol. The minimum absolute atomic E-state index is 0.135. The van der Waals surface area contributed by atoms with E-state index in [0.717, 1.165) is 25.9 Å². The third-order valence-corrected chi connectivity index (χ3v) is 5.02. The lowest BCUT2D eigenvalue weighted by molar-refractivity contribution is 0.0691. The summed E-state index contributed by atoms with van der Waals surface area (Å²) in [6.45, 7) is 3.64. The van der Waals surface area contributed by atoms with Gasteiger partial charge in [0.05, 0.1) is 12.1 Å². The lowest BCUT2D eigenvalue weighted by Gasteiger charge is -2.30. The number of nitrogens with one attached hydrogen (secondary N) is 1. The predicted octanol–water partition coefficient (Wildman–Crippen LogP) is 3.87. The van der Waals surface area contributed by atoms with Gasteiger partial charge in [-0.2, -0.15) is 0 Å². The summed E-state index contributed by atoms with van der Waals surface area (Å²) in [7, 11) is 1.53. The molecule has 0 atom stereocenters. The molecule has 27 heavy (non-hydrogen) atoms. The molecule has 2 aromatic rings. The van der Waals surface area contributed by atoms with Gasteiger partial charge in [0, 0.05) is 30.5 Å². The first-order valence-corrected chi connectivity index (χ1v) is 9.26. The van der Waals surface area contributed by atoms with Crippen molar-refractivity contribution in [3.05, 3.63) is 52.8 Å². The molecule has 1 fully saturated rings. The molecule has 1 aromatic heterocycles. The summed E-state index contributed by atoms with van der Waals surface area (Å²) in [5.41, 5.74) is 1.19. The summed E-state index contributed by atoms with van der Waals surface area (Å²) >= 11 is 6.09. The molecule has 6 nitrogen and oxygen atoms in total. The highest BCUT2D eigenvalue weighted by molar-refractivity contribution is 6.32. The van der Waals surface area contributed by atoms with Gasteiger partial charge in [-0.25, -0.2) is 0 Å². The number of hydrogen-bond donors (Lipinski definition) is 1. The van der Waals surface area contributed by atoms with Gasteiger partial charge in [-0.3, -0.25) is 14.6 Å². The fraction of sp³-hybridized carbons (Fsp3) is 0.350. The number of rotatable bonds is 4. The van der Waals surface area contributed by atoms with Crippen LogP contribution in [0.5, 0.6) is 5.75 Å². The van der Waals surface area contributed by atoms with E-state index in [9.17, 15) is 9.59 Å². The van der Waals surface area contributed by atoms with Crippen molar-refractivity contribution >= 4 is 29.1 Å². The second-order valence-corrected chi connectivity index (χ2v) is 7.12. The number of carbonyl (C=O) groups is 2. The Kier molecular flexibility index (Phi) is 5.96. The molecule has 2 heterocycles. The Hall–Kier alpha value is -2.60. The number of carbonyl (C=O) groups excluding carboxylic acids is 2. The van der Waals surface area contributed by atoms with Crippen LogP contribution in [0.25, 0.3) is 0 Å². The molecular weight excluding hydrogens is 366 g/mol. The van der Waals surface area contributed by atoms with Crippen LogP contribution in [0.3, 0.4) is 0 Å². The molecule has 0 bridgehead atoms. The van der Waals surface area contributed by atoms with Gasteiger partial charge < -0.3 is 15.0 Å². The summed E-state index contributed by atoms with van der Waals surface area (Å²) in [4.78, 5) is 31.1. The Morgan fingerprint density at radius 1 is 1.22 bits per heavy atom. The van der Waals surface area contributed by atoms with Crippen LogP contribution in [0.15, 0.2) is 36.5 Å². The third-order valence-electron chi connectivity index (χ3n) is 4.72. The van der Waals surface area contributed by atoms with Gasteiger partial charge in [-0.05, 0) is 49.1 Å². The van der Waals surface area contributed by atoms with Crippen LogP contribution >= 0.6 is 11.6 Å². The predicted molar refractivity (Wildman–Crippen MR) is 104 cm³/mol. The first-order valence-electron chi connectivity index (χ1n) is 8.88. The number of amides is 2. The zero-order valence-electron chi connectivity index (χ0n) is 15.4. The molecule has 0 unspecified atom stereocenters. The first kappa shape index (κ1) is 19.2. The quantitative estimate of drug-likeness (QED) is 0.864. The highest BCUT2D eigenvalue weighted by Gasteiger charge is 2.23. The topological polar surface area (TPSA) is 71.5 Å². The number of pyridine rings is 1. The Balaban J connectivity index is 1.72. The lowest BCUT2D eigenvalue weighted by Crippen LogP contribution is -2.38. The maximum atomic E-state index is 12.7. The van der Waals surface area contributed by atoms with Crippen molar-refractivity contribution in [3.8, 4) is 5.75 Å². The number of ether oxygens (including phenoxy) is 1. The van der Waals surface area contributed by atoms with E-state index in [1.807, 2.05) is 0 Å². The minimum atomic E-state index is -0.333. The number of nitrogens with zero attached hydrogens (tertiary/aromatic N) is 2. The summed E-state index contributed by atoms with van der Waals surface area (Å²) in [5, 5.41) is 3.17. The maximum Gasteiger partial charge on any atom is 0.272 e. The normalized spacial score (nSPS) is 14.7. The van der Waals surface area contributed by atoms with Crippen LogP contribution in [-0.4, -0.2) is 41.9 Å². The Morgan fingerprint density at radius 3 is 2.63 bits per heavy atom. The van der Waals surface area contributed by atoms with Crippen LogP contribution < -0.4 is 10.1 Å². The van der Waals surface area contributed by atoms with Crippen LogP contribution in [-0.2, 0) is 0 Å². The fourth-order valence-electron chi connectivity index (χ4n) is 3.01. The molecule has 0 saturated carbocycles. The van der Waals surface area contributed by atoms with Gasteiger partial charge in [-0.1, -0.05) is 18.5 Å². The van der Waals surface area contributed by atoms with Crippen LogP contribution in [0, 0.1) is 5.92 Å². The summed E-state index contributed by atoms with van der Waals surface area (Å²) in [5.74, 6) is 0.696. The zero-order chi connectivity index (χ0) is 19.4. The van der Waals surface area contributed by atoms with Gasteiger partial charge >= 0.3 is 0 Å². The maximum absolute atomic E-state index is 12.7. The van der Waals surface area contributed by atoms with Gasteiger partial charge in [0.25, 0.3) is 11.8 Å². The largest absolute Gasteiger partial charge is 0.495 e. The molecule has 2 amide bonds. The minimum Gasteiger partial charge on any atom is -0.495 e. The van der Waals surface area contributed by atoms with Crippen molar-refractivity contribution in [1.82, 2.24) is 9.88 Å². The van der Waals surface area contributed by atoms with E-state index in [4.69, 9.17) is 16.3 Å². The highest BCUT2D eigenvalue weighted by atomic mass is 35.5. The molecule has 1 aliphatic rings. The Morgan fingerprint density at radius 2 is 1.96 bits per heavy atom. The number of piperidine rings is 1. The van der Waals surface area contributed by atoms with E-state index in [2.05, 4.69) is 17.2 Å². The van der Waals surface area contributed by atoms with Crippen LogP contribution in [0.2, 0.25) is 5.02 Å². The number of hydrogen-bond acceptors (Lipinski definition) is 4. The van der Waals surface area contributed by atoms with Crippen molar-refractivity contribution in [1.29, 1.82) is 0 Å². The molecule has 0 spiro atoms. The molecule has 0 aliphatic carbocycles. The molecule has 1 aliphatic heterocycles. The van der Waals surface area contributed by atoms with Crippen molar-refractivity contribution in [2.24, 2.45) is 5.92 Å². The van der Waals surface area contributed by atoms with Crippen LogP contribution in [0.1, 0.15) is 40.6 Å². The van der Waals surface area contributed by atoms with Crippen molar-refractivity contribution in [2.45, 2.75) is 19.8 Å². The van der Waals surface area contributed by atoms with E-state index >= 15 is 0 Å². The summed E-state index contributed by atoms with van der Waals surface area (Å²) in [6, 6.07) is 8.10. The highest BCUT2D eigenvalue weighted by Crippen LogP contribution is 2.27. The molecule has 1 aromatic carbocycles. The molecule has 142 valence electrons. The van der Waals surface area contributed by atoms with Crippen molar-refractivity contribution in [3.63, 3.8) is 0 Å². The Bertz CT molecular complexity index is 848. The molecule has 3 rings (SSSR count). The van der Waals surface area contributed by atoms with E-state index in [-0.39, 0.29) is 17.5 Å². The number of aromatic nitrogens is 1. The number of methoxy groups -OCH3 is 1. The van der Waals surface area contributed by atoms with Gasteiger partial charge in [0.1, 0.15) is 11.4 Å². The summed E-state index contributed by atoms with van der Waals surface area (Å²) in [6.07, 6.45) is 3.46. The molecule has 0 radical (unpaired) electrons. The van der Waals surface area contributed by atoms with E-state index in [1.165, 1.54) is 19.4 Å². The zero-order valence-corrected chi connectivity index (χ0v) is 16.1. The summed E-state index contributed by atoms with van der Waals surface area (Å²) < 4.78 is 5.10. The van der Waals surface area contributed by atoms with E-state index in [1.54, 1.807) is 29.2 Å². The average molecular weight is 388 g/mol. The van der Waals surface area contributed by atoms with Gasteiger partial charge in [0.2, 0.25) is 0 Å². The first-order chi connectivity index (χ1) is 13.0. The molecule has 1 saturated heterocycles. The molecule has 7 heteroatoms. The van der Waals surface area contributed by atoms with E-state index < -0.39 is 0 Å². The van der Waals surface area contributed by atoms with Gasteiger partial charge in [0.15, 0.2) is 0 Å². The second kappa shape index (κ2) is 8.39. The standard InChI is InChI=1S/C20H22ClN3O3/c1-13-6-9-24(10-7-13)20(26)17-11-14(5-8-22-17)19(25)23-15-3-4-18(27-2)16(21)12-15/h3-5,8,11-13H,6-7,9-10H2,1-2H3,(H,23,25).